The molecule has 0 saturated heterocycles. The second kappa shape index (κ2) is 19.1. The fraction of sp³-hybridized carbons (Fsp3) is 0.105. The van der Waals surface area contributed by atoms with Gasteiger partial charge in [-0.3, -0.25) is 4.57 Å². The van der Waals surface area contributed by atoms with Gasteiger partial charge in [0, 0.05) is 39.7 Å². The summed E-state index contributed by atoms with van der Waals surface area (Å²) in [5, 5.41) is 3.49. The summed E-state index contributed by atoms with van der Waals surface area (Å²) in [5.41, 5.74) is 18.2. The number of nitrogens with two attached hydrogens (primary N) is 1. The van der Waals surface area contributed by atoms with Crippen molar-refractivity contribution in [3.05, 3.63) is 242 Å². The molecule has 6 aromatic rings. The van der Waals surface area contributed by atoms with Crippen LogP contribution in [-0.4, -0.2) is 15.0 Å². The summed E-state index contributed by atoms with van der Waals surface area (Å²) in [5.74, 6) is 0.798. The highest BCUT2D eigenvalue weighted by atomic mass is 15.1. The van der Waals surface area contributed by atoms with Gasteiger partial charge < -0.3 is 10.3 Å². The molecule has 2 N–H and O–H groups in total. The Bertz CT molecular complexity index is 2990. The number of benzene rings is 4. The molecular formula is C57H54N4. The highest BCUT2D eigenvalue weighted by Gasteiger charge is 2.35. The summed E-state index contributed by atoms with van der Waals surface area (Å²) >= 11 is 0. The first kappa shape index (κ1) is 41.7. The van der Waals surface area contributed by atoms with Gasteiger partial charge in [-0.25, -0.2) is 4.99 Å². The summed E-state index contributed by atoms with van der Waals surface area (Å²) < 4.78 is 4.56. The van der Waals surface area contributed by atoms with E-state index in [0.29, 0.717) is 0 Å². The maximum absolute atomic E-state index is 5.48. The fourth-order valence-electron chi connectivity index (χ4n) is 8.31. The van der Waals surface area contributed by atoms with E-state index in [1.807, 2.05) is 86.0 Å². The molecule has 1 aliphatic rings. The van der Waals surface area contributed by atoms with E-state index in [1.54, 1.807) is 6.08 Å². The first-order chi connectivity index (χ1) is 29.8. The van der Waals surface area contributed by atoms with Crippen LogP contribution in [0.2, 0.25) is 0 Å². The van der Waals surface area contributed by atoms with Gasteiger partial charge in [0.05, 0.1) is 16.6 Å². The first-order valence-corrected chi connectivity index (χ1v) is 20.9. The van der Waals surface area contributed by atoms with Gasteiger partial charge in [0.25, 0.3) is 0 Å². The fourth-order valence-corrected chi connectivity index (χ4v) is 8.31. The molecule has 0 bridgehead atoms. The van der Waals surface area contributed by atoms with Crippen molar-refractivity contribution in [2.45, 2.75) is 40.0 Å². The largest absolute Gasteiger partial charge is 0.405 e. The van der Waals surface area contributed by atoms with Gasteiger partial charge in [-0.2, -0.15) is 0 Å². The Labute approximate surface area is 361 Å². The smallest absolute Gasteiger partial charge is 0.137 e. The Morgan fingerprint density at radius 1 is 0.656 bits per heavy atom. The molecule has 0 fully saturated rings. The van der Waals surface area contributed by atoms with Crippen molar-refractivity contribution in [2.75, 3.05) is 0 Å². The lowest BCUT2D eigenvalue weighted by atomic mass is 9.81. The second-order valence-electron chi connectivity index (χ2n) is 15.4. The molecule has 2 aromatic heterocycles. The number of rotatable bonds is 11. The van der Waals surface area contributed by atoms with E-state index in [0.717, 1.165) is 50.0 Å². The Morgan fingerprint density at radius 2 is 1.34 bits per heavy atom. The van der Waals surface area contributed by atoms with E-state index in [-0.39, 0.29) is 5.41 Å². The third-order valence-corrected chi connectivity index (χ3v) is 11.2. The molecule has 61 heavy (non-hydrogen) atoms. The van der Waals surface area contributed by atoms with E-state index >= 15 is 0 Å². The van der Waals surface area contributed by atoms with Gasteiger partial charge in [0.2, 0.25) is 0 Å². The molecule has 302 valence electrons. The number of hydrogen-bond donors (Lipinski definition) is 1. The van der Waals surface area contributed by atoms with E-state index in [9.17, 15) is 0 Å². The molecule has 0 spiro atoms. The molecule has 0 amide bonds. The zero-order valence-electron chi connectivity index (χ0n) is 35.8. The monoisotopic (exact) mass is 794 g/mol. The molecule has 4 heteroatoms. The van der Waals surface area contributed by atoms with Gasteiger partial charge in [0.15, 0.2) is 0 Å². The van der Waals surface area contributed by atoms with Crippen LogP contribution < -0.4 is 5.73 Å². The van der Waals surface area contributed by atoms with Crippen LogP contribution in [-0.2, 0) is 5.41 Å². The third kappa shape index (κ3) is 8.66. The summed E-state index contributed by atoms with van der Waals surface area (Å²) in [6, 6.07) is 37.6. The van der Waals surface area contributed by atoms with Crippen LogP contribution in [0.15, 0.2) is 230 Å². The Kier molecular flexibility index (Phi) is 13.1. The molecule has 0 unspecified atom stereocenters. The van der Waals surface area contributed by atoms with Crippen LogP contribution in [0.1, 0.15) is 44.4 Å². The zero-order chi connectivity index (χ0) is 42.8. The summed E-state index contributed by atoms with van der Waals surface area (Å²) in [6.45, 7) is 15.1. The van der Waals surface area contributed by atoms with Crippen LogP contribution in [0.5, 0.6) is 0 Å². The van der Waals surface area contributed by atoms with Crippen molar-refractivity contribution < 1.29 is 0 Å². The number of aryl methyl sites for hydroxylation is 1. The maximum Gasteiger partial charge on any atom is 0.137 e. The standard InChI is InChI=1S/C57H54N4/c1-7-10-11-16-23-37-59-56(31-17-14-12-13-15-22-36-58)61-54-30-21-19-28-49(54)50-40-44(32-35-55(50)61)43-26-24-38-60(53-29-20-18-27-46(53)42(4)39-43)45-33-34-48-47(25-8-2)51(9-3)57(5,6)52(48)41-45/h7-41H,3,58H2,1-2,4-6H3/b10-7+,14-12+,15-13-,16-11-,25-8-,31-17+,36-22-,37-23-,38-24?,42-39?,43-26?,59-56-. The molecule has 4 nitrogen and oxygen atoms in total. The lowest BCUT2D eigenvalue weighted by molar-refractivity contribution is 0.654. The Morgan fingerprint density at radius 3 is 2.11 bits per heavy atom. The van der Waals surface area contributed by atoms with Crippen molar-refractivity contribution in [3.63, 3.8) is 0 Å². The minimum atomic E-state index is -0.171. The molecule has 0 atom stereocenters. The van der Waals surface area contributed by atoms with E-state index in [2.05, 4.69) is 165 Å². The number of aliphatic imine (C=N–C) groups is 1. The lowest BCUT2D eigenvalue weighted by Gasteiger charge is -2.23. The Balaban J connectivity index is 1.36. The molecular weight excluding hydrogens is 741 g/mol. The van der Waals surface area contributed by atoms with Crippen molar-refractivity contribution in [1.29, 1.82) is 0 Å². The summed E-state index contributed by atoms with van der Waals surface area (Å²) in [6.07, 6.45) is 35.5. The predicted molar refractivity (Wildman–Crippen MR) is 266 cm³/mol. The van der Waals surface area contributed by atoms with Gasteiger partial charge in [-0.1, -0.05) is 154 Å². The molecule has 7 rings (SSSR count). The van der Waals surface area contributed by atoms with Gasteiger partial charge in [-0.05, 0) is 127 Å². The van der Waals surface area contributed by atoms with E-state index in [1.165, 1.54) is 39.4 Å². The Hall–Kier alpha value is -7.43. The van der Waals surface area contributed by atoms with Gasteiger partial charge >= 0.3 is 0 Å². The van der Waals surface area contributed by atoms with Crippen molar-refractivity contribution in [3.8, 4) is 16.8 Å². The second-order valence-corrected chi connectivity index (χ2v) is 15.4. The first-order valence-electron chi connectivity index (χ1n) is 20.9. The minimum absolute atomic E-state index is 0.171. The minimum Gasteiger partial charge on any atom is -0.405 e. The normalized spacial score (nSPS) is 14.7. The van der Waals surface area contributed by atoms with Crippen LogP contribution >= 0.6 is 0 Å². The van der Waals surface area contributed by atoms with E-state index < -0.39 is 0 Å². The number of nitrogens with zero attached hydrogens (tertiary/aromatic N) is 3. The molecule has 4 aromatic carbocycles. The molecule has 0 radical (unpaired) electrons. The number of allylic oxidation sites excluding steroid dienone is 17. The van der Waals surface area contributed by atoms with Crippen LogP contribution in [0.4, 0.5) is 0 Å². The van der Waals surface area contributed by atoms with Gasteiger partial charge in [0.1, 0.15) is 5.84 Å². The number of fused-ring (bicyclic) bond motifs is 5. The average Bonchev–Trinajstić information content (AvgIpc) is 3.73. The number of para-hydroxylation sites is 2. The molecule has 0 aliphatic heterocycles. The zero-order valence-corrected chi connectivity index (χ0v) is 35.8. The predicted octanol–water partition coefficient (Wildman–Crippen LogP) is 14.7. The lowest BCUT2D eigenvalue weighted by Crippen LogP contribution is -2.16. The highest BCUT2D eigenvalue weighted by Crippen LogP contribution is 2.48. The van der Waals surface area contributed by atoms with Crippen molar-refractivity contribution in [1.82, 2.24) is 9.13 Å². The number of aromatic nitrogens is 2. The highest BCUT2D eigenvalue weighted by molar-refractivity contribution is 6.17. The molecule has 2 heterocycles. The van der Waals surface area contributed by atoms with Crippen LogP contribution in [0.3, 0.4) is 0 Å². The van der Waals surface area contributed by atoms with Crippen molar-refractivity contribution >= 4 is 44.1 Å². The average molecular weight is 795 g/mol. The van der Waals surface area contributed by atoms with Gasteiger partial charge in [-0.15, -0.1) is 0 Å². The topological polar surface area (TPSA) is 48.2 Å². The molecule has 0 saturated carbocycles. The SMILES string of the molecule is C=CC1=C(/C=C\C)c2ccc(-n3cccc(-c4ccc5c(c4)c4ccccc4n5C(/C=C/C=C/C=C\C=C/N)=N\C=C/C=C\C=C\C)cc(C)c4ccccc43)cc2C1(C)C. The molecule has 1 aliphatic carbocycles. The summed E-state index contributed by atoms with van der Waals surface area (Å²) in [4.78, 5) is 4.98. The maximum atomic E-state index is 5.48. The van der Waals surface area contributed by atoms with Crippen LogP contribution in [0, 0.1) is 6.92 Å². The van der Waals surface area contributed by atoms with E-state index in [4.69, 9.17) is 10.7 Å². The quantitative estimate of drug-likeness (QED) is 0.0792. The van der Waals surface area contributed by atoms with Crippen LogP contribution in [0.25, 0.3) is 55.1 Å². The summed E-state index contributed by atoms with van der Waals surface area (Å²) in [7, 11) is 0. The van der Waals surface area contributed by atoms with Crippen molar-refractivity contribution in [2.24, 2.45) is 10.7 Å². The third-order valence-electron chi connectivity index (χ3n) is 11.2. The number of hydrogen-bond acceptors (Lipinski definition) is 2.